The Morgan fingerprint density at radius 3 is 2.05 bits per heavy atom. The largest absolute Gasteiger partial charge is 0.345 e. The van der Waals surface area contributed by atoms with Crippen molar-refractivity contribution >= 4 is 39.5 Å². The average Bonchev–Trinajstić information content (AvgIpc) is 3.88. The average molecular weight is 854 g/mol. The highest BCUT2D eigenvalue weighted by atomic mass is 32.2. The minimum atomic E-state index is -4.13. The lowest BCUT2D eigenvalue weighted by Gasteiger charge is -2.40. The van der Waals surface area contributed by atoms with Crippen molar-refractivity contribution in [2.24, 2.45) is 44.8 Å². The lowest BCUT2D eigenvalue weighted by atomic mass is 9.73. The van der Waals surface area contributed by atoms with Crippen LogP contribution in [0.2, 0.25) is 0 Å². The van der Waals surface area contributed by atoms with Gasteiger partial charge in [-0.2, -0.15) is 13.1 Å². The Morgan fingerprint density at radius 2 is 1.52 bits per heavy atom. The summed E-state index contributed by atoms with van der Waals surface area (Å²) in [5.74, 6) is -2.50. The molecule has 2 saturated heterocycles. The number of allylic oxidation sites excluding steroid dienone is 1. The zero-order valence-corrected chi connectivity index (χ0v) is 38.5. The molecule has 0 aromatic heterocycles. The van der Waals surface area contributed by atoms with E-state index in [0.717, 1.165) is 83.6 Å². The predicted octanol–water partition coefficient (Wildman–Crippen LogP) is 6.39. The first-order valence-corrected chi connectivity index (χ1v) is 25.0. The molecule has 7 fully saturated rings. The Balaban J connectivity index is 1.14. The molecule has 7 atom stereocenters. The molecule has 7 aliphatic rings. The lowest BCUT2D eigenvalue weighted by molar-refractivity contribution is -0.147. The highest BCUT2D eigenvalue weighted by molar-refractivity contribution is 7.88. The molecule has 12 nitrogen and oxygen atoms in total. The number of nitrogens with one attached hydrogen (secondary N) is 3. The molecule has 0 bridgehead atoms. The quantitative estimate of drug-likeness (QED) is 0.151. The molecule has 0 radical (unpaired) electrons. The maximum absolute atomic E-state index is 15.4. The third kappa shape index (κ3) is 7.96. The van der Waals surface area contributed by atoms with E-state index < -0.39 is 44.9 Å². The highest BCUT2D eigenvalue weighted by Gasteiger charge is 2.85. The summed E-state index contributed by atoms with van der Waals surface area (Å²) in [6.07, 6.45) is 15.3. The van der Waals surface area contributed by atoms with Gasteiger partial charge in [0.2, 0.25) is 17.7 Å². The Morgan fingerprint density at radius 1 is 0.850 bits per heavy atom. The summed E-state index contributed by atoms with van der Waals surface area (Å²) in [4.78, 5) is 77.1. The fraction of sp³-hybridized carbons (Fsp3) is 0.851. The first-order valence-electron chi connectivity index (χ1n) is 23.5. The van der Waals surface area contributed by atoms with Gasteiger partial charge in [0.25, 0.3) is 0 Å². The van der Waals surface area contributed by atoms with E-state index >= 15 is 4.79 Å². The molecule has 5 saturated carbocycles. The van der Waals surface area contributed by atoms with E-state index in [4.69, 9.17) is 0 Å². The van der Waals surface area contributed by atoms with Crippen LogP contribution >= 0.6 is 0 Å². The summed E-state index contributed by atoms with van der Waals surface area (Å²) in [5, 5.41) is 3.28. The number of likely N-dealkylation sites (tertiary alicyclic amines) is 2. The van der Waals surface area contributed by atoms with Gasteiger partial charge in [0.1, 0.15) is 0 Å². The number of amides is 3. The van der Waals surface area contributed by atoms with E-state index in [-0.39, 0.29) is 82.4 Å². The van der Waals surface area contributed by atoms with Crippen LogP contribution in [0.4, 0.5) is 0 Å². The first-order chi connectivity index (χ1) is 28.1. The molecule has 2 spiro atoms. The van der Waals surface area contributed by atoms with Crippen molar-refractivity contribution in [1.82, 2.24) is 24.6 Å². The zero-order valence-electron chi connectivity index (χ0n) is 37.7. The molecule has 0 aromatic carbocycles. The Hall–Kier alpha value is -2.64. The second kappa shape index (κ2) is 16.5. The van der Waals surface area contributed by atoms with Crippen molar-refractivity contribution in [2.75, 3.05) is 13.1 Å². The van der Waals surface area contributed by atoms with Crippen molar-refractivity contribution in [3.63, 3.8) is 0 Å². The number of carbonyl (C=O) groups is 5. The number of rotatable bonds is 16. The van der Waals surface area contributed by atoms with E-state index in [1.807, 2.05) is 20.8 Å². The van der Waals surface area contributed by atoms with Gasteiger partial charge in [-0.15, -0.1) is 6.58 Å². The fourth-order valence-corrected chi connectivity index (χ4v) is 14.2. The van der Waals surface area contributed by atoms with Crippen molar-refractivity contribution < 1.29 is 32.4 Å². The second-order valence-corrected chi connectivity index (χ2v) is 23.6. The minimum Gasteiger partial charge on any atom is -0.345 e. The third-order valence-corrected chi connectivity index (χ3v) is 18.6. The van der Waals surface area contributed by atoms with Gasteiger partial charge in [-0.3, -0.25) is 28.9 Å². The Kier molecular flexibility index (Phi) is 12.5. The molecule has 5 aliphatic carbocycles. The molecule has 0 aromatic rings. The van der Waals surface area contributed by atoms with Gasteiger partial charge in [0.05, 0.1) is 23.5 Å². The van der Waals surface area contributed by atoms with Crippen molar-refractivity contribution in [2.45, 2.75) is 194 Å². The number of hydrogen-bond donors (Lipinski definition) is 3. The number of fused-ring (bicyclic) bond motifs is 1. The summed E-state index contributed by atoms with van der Waals surface area (Å²) < 4.78 is 30.8. The summed E-state index contributed by atoms with van der Waals surface area (Å²) in [6.45, 7) is 19.9. The van der Waals surface area contributed by atoms with Crippen molar-refractivity contribution in [3.8, 4) is 0 Å². The minimum absolute atomic E-state index is 0.00329. The Labute approximate surface area is 360 Å². The zero-order chi connectivity index (χ0) is 43.6. The molecular formula is C47H75N5O7S. The number of carbonyl (C=O) groups excluding carboxylic acids is 5. The summed E-state index contributed by atoms with van der Waals surface area (Å²) >= 11 is 0. The van der Waals surface area contributed by atoms with Gasteiger partial charge in [-0.05, 0) is 113 Å². The second-order valence-electron chi connectivity index (χ2n) is 22.2. The van der Waals surface area contributed by atoms with Crippen LogP contribution in [0.25, 0.3) is 0 Å². The molecular weight excluding hydrogens is 779 g/mol. The van der Waals surface area contributed by atoms with E-state index in [0.29, 0.717) is 32.2 Å². The molecule has 2 heterocycles. The summed E-state index contributed by atoms with van der Waals surface area (Å²) in [7, 11) is -4.13. The lowest BCUT2D eigenvalue weighted by Crippen LogP contribution is -2.57. The monoisotopic (exact) mass is 854 g/mol. The fourth-order valence-electron chi connectivity index (χ4n) is 13.1. The molecule has 3 N–H and O–H groups in total. The Bertz CT molecular complexity index is 1830. The van der Waals surface area contributed by atoms with Gasteiger partial charge < -0.3 is 10.2 Å². The van der Waals surface area contributed by atoms with Gasteiger partial charge in [0.15, 0.2) is 11.6 Å². The maximum atomic E-state index is 15.4. The smallest absolute Gasteiger partial charge is 0.301 e. The number of piperidine rings is 1. The number of ketones is 2. The van der Waals surface area contributed by atoms with Crippen LogP contribution in [0.3, 0.4) is 0 Å². The van der Waals surface area contributed by atoms with Gasteiger partial charge in [-0.25, -0.2) is 4.72 Å². The molecule has 7 rings (SSSR count). The van der Waals surface area contributed by atoms with Gasteiger partial charge >= 0.3 is 10.2 Å². The molecule has 2 aliphatic heterocycles. The van der Waals surface area contributed by atoms with E-state index in [2.05, 4.69) is 53.9 Å². The van der Waals surface area contributed by atoms with Crippen molar-refractivity contribution in [3.05, 3.63) is 12.7 Å². The van der Waals surface area contributed by atoms with Crippen LogP contribution in [0, 0.1) is 44.8 Å². The summed E-state index contributed by atoms with van der Waals surface area (Å²) in [6, 6.07) is -1.78. The normalized spacial score (nSPS) is 32.5. The molecule has 0 unspecified atom stereocenters. The third-order valence-electron chi connectivity index (χ3n) is 17.5. The van der Waals surface area contributed by atoms with E-state index in [9.17, 15) is 27.6 Å². The number of hydrogen-bond acceptors (Lipinski definition) is 8. The van der Waals surface area contributed by atoms with E-state index in [1.165, 1.54) is 0 Å². The molecule has 336 valence electrons. The predicted molar refractivity (Wildman–Crippen MR) is 231 cm³/mol. The number of Topliss-reactive ketones (excluding diaryl/α,β-unsaturated/α-hetero) is 2. The van der Waals surface area contributed by atoms with E-state index in [1.54, 1.807) is 11.0 Å². The standard InChI is InChI=1S/C47H75N5O7S/c1-9-32-26-45(32,42(57)50-60(58,59)49-33-19-15-20-33)28-38(54)36-27-47(44(7,8)46(47)22-16-23-46)29-52(36)41(56)34(43(4,5)6)25-37(53)39(31-17-11-10-12-18-31)48-40(55)35-21-13-14-24-51(35)30(2)3/h9,30-36,39,49H,1,10-29H2,2-8H3,(H,48,55)(H,50,57)/t32-,34-,35+,36+,39+,45-,47-/m1/s1. The van der Waals surface area contributed by atoms with Crippen LogP contribution < -0.4 is 14.8 Å². The van der Waals surface area contributed by atoms with Crippen LogP contribution in [-0.4, -0.2) is 90.8 Å². The molecule has 13 heteroatoms. The van der Waals surface area contributed by atoms with Crippen molar-refractivity contribution in [1.29, 1.82) is 0 Å². The SMILES string of the molecule is C=C[C@@H]1C[C@]1(CC(=O)[C@@H]1C[C@@]2(CN1C(=O)[C@@H](CC(=O)[C@@H](NC(=O)[C@@H]1CCCCN1C(C)C)C1CCCCC1)C(C)(C)C)C(C)(C)C21CCC1)C(=O)NS(=O)(=O)NC1CCC1. The topological polar surface area (TPSA) is 162 Å². The van der Waals surface area contributed by atoms with Crippen LogP contribution in [0.15, 0.2) is 12.7 Å². The maximum Gasteiger partial charge on any atom is 0.301 e. The molecule has 60 heavy (non-hydrogen) atoms. The highest BCUT2D eigenvalue weighted by Crippen LogP contribution is 2.88. The summed E-state index contributed by atoms with van der Waals surface area (Å²) in [5.41, 5.74) is -2.25. The molecule has 3 amide bonds. The van der Waals surface area contributed by atoms with Crippen LogP contribution in [-0.2, 0) is 34.2 Å². The van der Waals surface area contributed by atoms with Gasteiger partial charge in [-0.1, -0.05) is 79.2 Å². The van der Waals surface area contributed by atoms with Crippen LogP contribution in [0.1, 0.15) is 164 Å². The van der Waals surface area contributed by atoms with Crippen LogP contribution in [0.5, 0.6) is 0 Å². The number of nitrogens with zero attached hydrogens (tertiary/aromatic N) is 2. The first kappa shape index (κ1) is 45.4. The van der Waals surface area contributed by atoms with Gasteiger partial charge in [0, 0.05) is 42.8 Å².